The van der Waals surface area contributed by atoms with Crippen molar-refractivity contribution in [3.8, 4) is 11.5 Å². The molecule has 6 nitrogen and oxygen atoms in total. The number of fused-ring (bicyclic) bond motifs is 1. The second kappa shape index (κ2) is 9.60. The number of hydrogen-bond donors (Lipinski definition) is 1. The normalized spacial score (nSPS) is 13.7. The topological polar surface area (TPSA) is 73.9 Å². The Hall–Kier alpha value is -2.81. The SMILES string of the molecule is C[C@@H](OC(=O)Cc1ccc2c(c1)OCCO2)C(=O)Nc1ccc(SC(F)F)cc1. The molecule has 2 aromatic rings. The summed E-state index contributed by atoms with van der Waals surface area (Å²) in [6.07, 6.45) is -1.04. The van der Waals surface area contributed by atoms with Gasteiger partial charge in [0.15, 0.2) is 17.6 Å². The minimum atomic E-state index is -2.51. The highest BCUT2D eigenvalue weighted by Gasteiger charge is 2.19. The molecule has 2 aromatic carbocycles. The van der Waals surface area contributed by atoms with Gasteiger partial charge in [0.25, 0.3) is 11.7 Å². The molecule has 0 saturated carbocycles. The lowest BCUT2D eigenvalue weighted by Crippen LogP contribution is -2.30. The molecule has 9 heteroatoms. The molecular weight excluding hydrogens is 404 g/mol. The molecule has 0 saturated heterocycles. The number of rotatable bonds is 7. The van der Waals surface area contributed by atoms with Crippen LogP contribution in [-0.4, -0.2) is 37.0 Å². The van der Waals surface area contributed by atoms with Crippen molar-refractivity contribution in [1.82, 2.24) is 0 Å². The first kappa shape index (κ1) is 20.9. The number of esters is 1. The van der Waals surface area contributed by atoms with Crippen LogP contribution in [0.2, 0.25) is 0 Å². The van der Waals surface area contributed by atoms with Crippen LogP contribution in [0.5, 0.6) is 11.5 Å². The van der Waals surface area contributed by atoms with Crippen LogP contribution in [0.15, 0.2) is 47.4 Å². The zero-order chi connectivity index (χ0) is 20.8. The summed E-state index contributed by atoms with van der Waals surface area (Å²) < 4.78 is 40.7. The van der Waals surface area contributed by atoms with E-state index < -0.39 is 23.7 Å². The van der Waals surface area contributed by atoms with Crippen molar-refractivity contribution < 1.29 is 32.6 Å². The molecule has 0 bridgehead atoms. The van der Waals surface area contributed by atoms with Gasteiger partial charge in [0.05, 0.1) is 6.42 Å². The highest BCUT2D eigenvalue weighted by atomic mass is 32.2. The lowest BCUT2D eigenvalue weighted by Gasteiger charge is -2.19. The predicted octanol–water partition coefficient (Wildman–Crippen LogP) is 3.89. The molecule has 0 fully saturated rings. The molecular formula is C20H19F2NO5S. The number of carbonyl (C=O) groups excluding carboxylic acids is 2. The molecule has 0 aromatic heterocycles. The van der Waals surface area contributed by atoms with Crippen molar-refractivity contribution in [2.75, 3.05) is 18.5 Å². The second-order valence-corrected chi connectivity index (χ2v) is 7.24. The van der Waals surface area contributed by atoms with Crippen LogP contribution >= 0.6 is 11.8 Å². The fourth-order valence-corrected chi connectivity index (χ4v) is 3.12. The monoisotopic (exact) mass is 423 g/mol. The van der Waals surface area contributed by atoms with Gasteiger partial charge in [-0.25, -0.2) is 0 Å². The second-order valence-electron chi connectivity index (χ2n) is 6.18. The molecule has 1 N–H and O–H groups in total. The summed E-state index contributed by atoms with van der Waals surface area (Å²) in [4.78, 5) is 24.7. The third-order valence-electron chi connectivity index (χ3n) is 3.98. The maximum absolute atomic E-state index is 12.3. The van der Waals surface area contributed by atoms with Gasteiger partial charge in [-0.1, -0.05) is 17.8 Å². The van der Waals surface area contributed by atoms with E-state index in [4.69, 9.17) is 14.2 Å². The Morgan fingerprint density at radius 2 is 1.79 bits per heavy atom. The molecule has 0 unspecified atom stereocenters. The number of ether oxygens (including phenoxy) is 3. The zero-order valence-electron chi connectivity index (χ0n) is 15.5. The van der Waals surface area contributed by atoms with Gasteiger partial charge in [-0.15, -0.1) is 0 Å². The summed E-state index contributed by atoms with van der Waals surface area (Å²) >= 11 is 0.418. The Bertz CT molecular complexity index is 876. The van der Waals surface area contributed by atoms with Crippen LogP contribution in [0.4, 0.5) is 14.5 Å². The molecule has 1 aliphatic rings. The largest absolute Gasteiger partial charge is 0.486 e. The Morgan fingerprint density at radius 3 is 2.48 bits per heavy atom. The van der Waals surface area contributed by atoms with Crippen LogP contribution in [0, 0.1) is 0 Å². The molecule has 0 aliphatic carbocycles. The minimum absolute atomic E-state index is 0.0200. The van der Waals surface area contributed by atoms with Gasteiger partial charge < -0.3 is 19.5 Å². The standard InChI is InChI=1S/C20H19F2NO5S/c1-12(19(25)23-14-3-5-15(6-4-14)29-20(21)22)28-18(24)11-13-2-7-16-17(10-13)27-9-8-26-16/h2-7,10,12,20H,8-9,11H2,1H3,(H,23,25)/t12-/m1/s1. The Kier molecular flexibility index (Phi) is 6.92. The zero-order valence-corrected chi connectivity index (χ0v) is 16.3. The van der Waals surface area contributed by atoms with Crippen molar-refractivity contribution in [2.24, 2.45) is 0 Å². The maximum Gasteiger partial charge on any atom is 0.311 e. The molecule has 154 valence electrons. The van der Waals surface area contributed by atoms with Gasteiger partial charge in [-0.2, -0.15) is 8.78 Å². The van der Waals surface area contributed by atoms with Crippen molar-refractivity contribution in [2.45, 2.75) is 30.1 Å². The smallest absolute Gasteiger partial charge is 0.311 e. The number of amides is 1. The van der Waals surface area contributed by atoms with Crippen molar-refractivity contribution in [1.29, 1.82) is 0 Å². The maximum atomic E-state index is 12.3. The Morgan fingerprint density at radius 1 is 1.10 bits per heavy atom. The predicted molar refractivity (Wildman–Crippen MR) is 104 cm³/mol. The first-order valence-corrected chi connectivity index (χ1v) is 9.72. The Balaban J connectivity index is 1.50. The van der Waals surface area contributed by atoms with E-state index in [9.17, 15) is 18.4 Å². The third kappa shape index (κ3) is 6.08. The van der Waals surface area contributed by atoms with Gasteiger partial charge in [0, 0.05) is 10.6 Å². The van der Waals surface area contributed by atoms with Crippen LogP contribution in [0.3, 0.4) is 0 Å². The minimum Gasteiger partial charge on any atom is -0.486 e. The van der Waals surface area contributed by atoms with Gasteiger partial charge in [0.1, 0.15) is 13.2 Å². The van der Waals surface area contributed by atoms with E-state index in [2.05, 4.69) is 5.32 Å². The van der Waals surface area contributed by atoms with E-state index in [0.717, 1.165) is 0 Å². The van der Waals surface area contributed by atoms with E-state index in [0.29, 0.717) is 52.6 Å². The first-order chi connectivity index (χ1) is 13.9. The summed E-state index contributed by atoms with van der Waals surface area (Å²) in [6.45, 7) is 2.38. The number of anilines is 1. The van der Waals surface area contributed by atoms with Gasteiger partial charge in [-0.05, 0) is 48.9 Å². The number of alkyl halides is 2. The van der Waals surface area contributed by atoms with Crippen LogP contribution in [0.25, 0.3) is 0 Å². The van der Waals surface area contributed by atoms with Gasteiger partial charge in [-0.3, -0.25) is 9.59 Å². The summed E-state index contributed by atoms with van der Waals surface area (Å²) in [7, 11) is 0. The number of thioether (sulfide) groups is 1. The summed E-state index contributed by atoms with van der Waals surface area (Å²) in [5.41, 5.74) is 1.10. The van der Waals surface area contributed by atoms with Crippen molar-refractivity contribution >= 4 is 29.3 Å². The van der Waals surface area contributed by atoms with Crippen molar-refractivity contribution in [3.63, 3.8) is 0 Å². The highest BCUT2D eigenvalue weighted by molar-refractivity contribution is 7.99. The number of carbonyl (C=O) groups is 2. The van der Waals surface area contributed by atoms with Crippen LogP contribution < -0.4 is 14.8 Å². The highest BCUT2D eigenvalue weighted by Crippen LogP contribution is 2.31. The number of hydrogen-bond acceptors (Lipinski definition) is 6. The van der Waals surface area contributed by atoms with E-state index in [1.165, 1.54) is 31.2 Å². The summed E-state index contributed by atoms with van der Waals surface area (Å²) in [6, 6.07) is 11.1. The summed E-state index contributed by atoms with van der Waals surface area (Å²) in [5, 5.41) is 2.58. The van der Waals surface area contributed by atoms with E-state index >= 15 is 0 Å². The van der Waals surface area contributed by atoms with E-state index in [1.54, 1.807) is 18.2 Å². The molecule has 29 heavy (non-hydrogen) atoms. The summed E-state index contributed by atoms with van der Waals surface area (Å²) in [5.74, 6) is -2.40. The third-order valence-corrected chi connectivity index (χ3v) is 4.70. The molecule has 3 rings (SSSR count). The Labute approximate surface area is 170 Å². The average molecular weight is 423 g/mol. The van der Waals surface area contributed by atoms with Crippen LogP contribution in [-0.2, 0) is 20.7 Å². The fourth-order valence-electron chi connectivity index (χ4n) is 2.62. The van der Waals surface area contributed by atoms with Crippen molar-refractivity contribution in [3.05, 3.63) is 48.0 Å². The molecule has 1 amide bonds. The number of benzene rings is 2. The molecule has 0 spiro atoms. The first-order valence-electron chi connectivity index (χ1n) is 8.84. The molecule has 1 aliphatic heterocycles. The van der Waals surface area contributed by atoms with E-state index in [-0.39, 0.29) is 6.42 Å². The molecule has 1 atom stereocenters. The van der Waals surface area contributed by atoms with E-state index in [1.807, 2.05) is 0 Å². The van der Waals surface area contributed by atoms with Gasteiger partial charge >= 0.3 is 5.97 Å². The number of halogens is 2. The quantitative estimate of drug-likeness (QED) is 0.538. The average Bonchev–Trinajstić information content (AvgIpc) is 2.68. The lowest BCUT2D eigenvalue weighted by atomic mass is 10.1. The lowest BCUT2D eigenvalue weighted by molar-refractivity contribution is -0.152. The fraction of sp³-hybridized carbons (Fsp3) is 0.300. The van der Waals surface area contributed by atoms with Gasteiger partial charge in [0.2, 0.25) is 0 Å². The number of nitrogens with one attached hydrogen (secondary N) is 1. The molecule has 0 radical (unpaired) electrons. The molecule has 1 heterocycles. The van der Waals surface area contributed by atoms with Crippen LogP contribution in [0.1, 0.15) is 12.5 Å².